The lowest BCUT2D eigenvalue weighted by atomic mass is 9.70. The van der Waals surface area contributed by atoms with Gasteiger partial charge in [-0.1, -0.05) is 20.8 Å². The van der Waals surface area contributed by atoms with Crippen molar-refractivity contribution in [1.82, 2.24) is 0 Å². The Labute approximate surface area is 83.7 Å². The van der Waals surface area contributed by atoms with Crippen molar-refractivity contribution in [2.24, 2.45) is 16.7 Å². The smallest absolute Gasteiger partial charge is 0.294 e. The molecular formula is C10H17NO3. The molecule has 2 fully saturated rings. The second-order valence-electron chi connectivity index (χ2n) is 5.43. The molecule has 3 atom stereocenters. The maximum Gasteiger partial charge on any atom is 0.294 e. The van der Waals surface area contributed by atoms with Crippen LogP contribution in [0.2, 0.25) is 0 Å². The number of nitrogens with zero attached hydrogens (tertiary/aromatic N) is 1. The average molecular weight is 199 g/mol. The van der Waals surface area contributed by atoms with Crippen LogP contribution in [0, 0.1) is 26.9 Å². The SMILES string of the molecule is CC1(C)[C@H]2CC[C@]1(C)[C@@H](O[N+](=O)[O-])C2. The maximum absolute atomic E-state index is 10.4. The number of fused-ring (bicyclic) bond motifs is 2. The molecule has 0 spiro atoms. The first-order chi connectivity index (χ1) is 6.38. The van der Waals surface area contributed by atoms with E-state index >= 15 is 0 Å². The van der Waals surface area contributed by atoms with Crippen LogP contribution in [0.5, 0.6) is 0 Å². The van der Waals surface area contributed by atoms with Gasteiger partial charge in [-0.05, 0) is 36.0 Å². The molecule has 0 heterocycles. The van der Waals surface area contributed by atoms with E-state index in [1.807, 2.05) is 0 Å². The van der Waals surface area contributed by atoms with Crippen LogP contribution in [0.25, 0.3) is 0 Å². The molecule has 80 valence electrons. The Bertz CT molecular complexity index is 277. The van der Waals surface area contributed by atoms with Gasteiger partial charge in [0.15, 0.2) is 0 Å². The van der Waals surface area contributed by atoms with E-state index in [1.165, 1.54) is 6.42 Å². The van der Waals surface area contributed by atoms with Crippen molar-refractivity contribution >= 4 is 0 Å². The predicted molar refractivity (Wildman–Crippen MR) is 51.1 cm³/mol. The normalized spacial score (nSPS) is 43.9. The quantitative estimate of drug-likeness (QED) is 0.507. The predicted octanol–water partition coefficient (Wildman–Crippen LogP) is 2.41. The minimum Gasteiger partial charge on any atom is -0.310 e. The van der Waals surface area contributed by atoms with E-state index in [0.29, 0.717) is 5.92 Å². The summed E-state index contributed by atoms with van der Waals surface area (Å²) >= 11 is 0. The monoisotopic (exact) mass is 199 g/mol. The van der Waals surface area contributed by atoms with Gasteiger partial charge in [0.1, 0.15) is 6.10 Å². The van der Waals surface area contributed by atoms with Gasteiger partial charge < -0.3 is 4.84 Å². The molecule has 2 aliphatic rings. The van der Waals surface area contributed by atoms with Crippen molar-refractivity contribution in [1.29, 1.82) is 0 Å². The topological polar surface area (TPSA) is 52.4 Å². The van der Waals surface area contributed by atoms with Crippen LogP contribution in [-0.4, -0.2) is 11.2 Å². The Balaban J connectivity index is 2.23. The van der Waals surface area contributed by atoms with Crippen LogP contribution in [0.15, 0.2) is 0 Å². The lowest BCUT2D eigenvalue weighted by molar-refractivity contribution is -0.772. The fraction of sp³-hybridized carbons (Fsp3) is 1.00. The highest BCUT2D eigenvalue weighted by atomic mass is 17.0. The van der Waals surface area contributed by atoms with Gasteiger partial charge >= 0.3 is 0 Å². The molecule has 0 unspecified atom stereocenters. The summed E-state index contributed by atoms with van der Waals surface area (Å²) in [5.41, 5.74) is 0.179. The van der Waals surface area contributed by atoms with Crippen LogP contribution < -0.4 is 0 Å². The van der Waals surface area contributed by atoms with E-state index in [2.05, 4.69) is 20.8 Å². The zero-order valence-electron chi connectivity index (χ0n) is 8.95. The zero-order chi connectivity index (χ0) is 10.6. The first-order valence-corrected chi connectivity index (χ1v) is 5.19. The Kier molecular flexibility index (Phi) is 1.82. The summed E-state index contributed by atoms with van der Waals surface area (Å²) in [5.74, 6) is 0.595. The second-order valence-corrected chi connectivity index (χ2v) is 5.43. The Morgan fingerprint density at radius 1 is 1.43 bits per heavy atom. The summed E-state index contributed by atoms with van der Waals surface area (Å²) in [5, 5.41) is 9.74. The first-order valence-electron chi connectivity index (χ1n) is 5.19. The minimum atomic E-state index is -0.632. The van der Waals surface area contributed by atoms with Crippen LogP contribution in [0.1, 0.15) is 40.0 Å². The first kappa shape index (κ1) is 9.74. The highest BCUT2D eigenvalue weighted by Crippen LogP contribution is 2.66. The van der Waals surface area contributed by atoms with Crippen molar-refractivity contribution < 1.29 is 9.92 Å². The van der Waals surface area contributed by atoms with E-state index < -0.39 is 5.09 Å². The molecular weight excluding hydrogens is 182 g/mol. The zero-order valence-corrected chi connectivity index (χ0v) is 8.95. The second kappa shape index (κ2) is 2.61. The van der Waals surface area contributed by atoms with Gasteiger partial charge in [0.2, 0.25) is 0 Å². The minimum absolute atomic E-state index is 0.00919. The molecule has 0 saturated heterocycles. The van der Waals surface area contributed by atoms with E-state index in [9.17, 15) is 10.1 Å². The van der Waals surface area contributed by atoms with Crippen LogP contribution >= 0.6 is 0 Å². The Hall–Kier alpha value is -0.800. The van der Waals surface area contributed by atoms with E-state index in [-0.39, 0.29) is 16.9 Å². The van der Waals surface area contributed by atoms with Gasteiger partial charge in [0, 0.05) is 0 Å². The summed E-state index contributed by atoms with van der Waals surface area (Å²) < 4.78 is 0. The molecule has 2 saturated carbocycles. The largest absolute Gasteiger partial charge is 0.310 e. The third-order valence-electron chi connectivity index (χ3n) is 4.93. The van der Waals surface area contributed by atoms with E-state index in [4.69, 9.17) is 4.84 Å². The van der Waals surface area contributed by atoms with Crippen molar-refractivity contribution in [3.05, 3.63) is 10.1 Å². The Morgan fingerprint density at radius 2 is 2.07 bits per heavy atom. The maximum atomic E-state index is 10.4. The van der Waals surface area contributed by atoms with Crippen LogP contribution in [0.3, 0.4) is 0 Å². The fourth-order valence-corrected chi connectivity index (χ4v) is 3.39. The summed E-state index contributed by atoms with van der Waals surface area (Å²) in [7, 11) is 0. The van der Waals surface area contributed by atoms with Crippen molar-refractivity contribution in [3.8, 4) is 0 Å². The third-order valence-corrected chi connectivity index (χ3v) is 4.93. The highest BCUT2D eigenvalue weighted by Gasteiger charge is 2.62. The number of hydrogen-bond acceptors (Lipinski definition) is 3. The molecule has 0 aromatic heterocycles. The lowest BCUT2D eigenvalue weighted by Gasteiger charge is -2.37. The molecule has 14 heavy (non-hydrogen) atoms. The van der Waals surface area contributed by atoms with Gasteiger partial charge in [-0.2, -0.15) is 0 Å². The molecule has 0 aromatic carbocycles. The summed E-state index contributed by atoms with van der Waals surface area (Å²) in [6.45, 7) is 6.57. The van der Waals surface area contributed by atoms with E-state index in [0.717, 1.165) is 12.8 Å². The molecule has 0 radical (unpaired) electrons. The molecule has 2 aliphatic carbocycles. The number of hydrogen-bond donors (Lipinski definition) is 0. The third kappa shape index (κ3) is 0.996. The van der Waals surface area contributed by atoms with Crippen LogP contribution in [0.4, 0.5) is 0 Å². The molecule has 0 aromatic rings. The van der Waals surface area contributed by atoms with Crippen molar-refractivity contribution in [2.75, 3.05) is 0 Å². The van der Waals surface area contributed by atoms with Gasteiger partial charge in [-0.3, -0.25) is 0 Å². The molecule has 4 nitrogen and oxygen atoms in total. The molecule has 0 aliphatic heterocycles. The highest BCUT2D eigenvalue weighted by molar-refractivity contribution is 5.10. The van der Waals surface area contributed by atoms with Gasteiger partial charge in [-0.15, -0.1) is 10.1 Å². The van der Waals surface area contributed by atoms with Crippen molar-refractivity contribution in [2.45, 2.75) is 46.1 Å². The Morgan fingerprint density at radius 3 is 2.43 bits per heavy atom. The molecule has 0 N–H and O–H groups in total. The van der Waals surface area contributed by atoms with Crippen molar-refractivity contribution in [3.63, 3.8) is 0 Å². The van der Waals surface area contributed by atoms with Gasteiger partial charge in [0.05, 0.1) is 0 Å². The molecule has 0 amide bonds. The van der Waals surface area contributed by atoms with Gasteiger partial charge in [-0.25, -0.2) is 0 Å². The van der Waals surface area contributed by atoms with Gasteiger partial charge in [0.25, 0.3) is 5.09 Å². The molecule has 2 bridgehead atoms. The van der Waals surface area contributed by atoms with Crippen LogP contribution in [-0.2, 0) is 4.84 Å². The number of rotatable bonds is 2. The summed E-state index contributed by atoms with van der Waals surface area (Å²) in [6, 6.07) is 0. The molecule has 4 heteroatoms. The average Bonchev–Trinajstić information content (AvgIpc) is 2.35. The standard InChI is InChI=1S/C10H17NO3/c1-9(2)7-4-5-10(9,3)8(6-7)14-11(12)13/h7-8H,4-6H2,1-3H3/t7-,8-,10+/m0/s1. The summed E-state index contributed by atoms with van der Waals surface area (Å²) in [6.07, 6.45) is 2.92. The van der Waals surface area contributed by atoms with E-state index in [1.54, 1.807) is 0 Å². The summed E-state index contributed by atoms with van der Waals surface area (Å²) in [4.78, 5) is 15.2. The lowest BCUT2D eigenvalue weighted by Crippen LogP contribution is -2.38. The molecule has 2 rings (SSSR count). The fourth-order valence-electron chi connectivity index (χ4n) is 3.39.